The summed E-state index contributed by atoms with van der Waals surface area (Å²) in [6.07, 6.45) is 0. The van der Waals surface area contributed by atoms with E-state index in [2.05, 4.69) is 15.8 Å². The van der Waals surface area contributed by atoms with Crippen LogP contribution in [0.1, 0.15) is 0 Å². The van der Waals surface area contributed by atoms with E-state index in [4.69, 9.17) is 0 Å². The summed E-state index contributed by atoms with van der Waals surface area (Å²) in [5.74, 6) is -0.254. The Hall–Kier alpha value is -3.14. The minimum Gasteiger partial charge on any atom is -0.301 e. The minimum absolute atomic E-state index is 0.254. The Morgan fingerprint density at radius 3 is 1.83 bits per heavy atom. The van der Waals surface area contributed by atoms with Gasteiger partial charge in [0.2, 0.25) is 0 Å². The summed E-state index contributed by atoms with van der Waals surface area (Å²) in [6.45, 7) is 0. The molecule has 2 N–H and O–H groups in total. The summed E-state index contributed by atoms with van der Waals surface area (Å²) < 4.78 is 13.0. The molecule has 0 aliphatic rings. The fourth-order valence-electron chi connectivity index (χ4n) is 2.64. The smallest absolute Gasteiger partial charge is 0.123 e. The summed E-state index contributed by atoms with van der Waals surface area (Å²) >= 11 is 0. The molecule has 0 spiro atoms. The summed E-state index contributed by atoms with van der Waals surface area (Å²) in [7, 11) is 0. The lowest BCUT2D eigenvalue weighted by Gasteiger charge is -2.14. The molecule has 0 unspecified atom stereocenters. The van der Waals surface area contributed by atoms with E-state index in [1.165, 1.54) is 12.1 Å². The van der Waals surface area contributed by atoms with Gasteiger partial charge in [-0.15, -0.1) is 0 Å². The first-order chi connectivity index (χ1) is 11.3. The SMILES string of the molecule is Fc1ccc(NNc2c3ccccc3nc3ccccc23)cc1. The number of hydrogen-bond donors (Lipinski definition) is 2. The van der Waals surface area contributed by atoms with E-state index in [0.717, 1.165) is 33.2 Å². The van der Waals surface area contributed by atoms with Gasteiger partial charge >= 0.3 is 0 Å². The van der Waals surface area contributed by atoms with Crippen molar-refractivity contribution in [3.63, 3.8) is 0 Å². The van der Waals surface area contributed by atoms with Crippen molar-refractivity contribution >= 4 is 33.2 Å². The lowest BCUT2D eigenvalue weighted by atomic mass is 10.1. The minimum atomic E-state index is -0.254. The van der Waals surface area contributed by atoms with Crippen LogP contribution in [0.3, 0.4) is 0 Å². The van der Waals surface area contributed by atoms with Crippen LogP contribution in [0.15, 0.2) is 72.8 Å². The fraction of sp³-hybridized carbons (Fsp3) is 0. The Bertz CT molecular complexity index is 927. The second-order valence-electron chi connectivity index (χ2n) is 5.28. The molecule has 0 saturated carbocycles. The van der Waals surface area contributed by atoms with Crippen LogP contribution in [0.2, 0.25) is 0 Å². The van der Waals surface area contributed by atoms with Gasteiger partial charge in [0.1, 0.15) is 5.82 Å². The highest BCUT2D eigenvalue weighted by Crippen LogP contribution is 2.30. The zero-order chi connectivity index (χ0) is 15.6. The van der Waals surface area contributed by atoms with Gasteiger partial charge in [0, 0.05) is 10.8 Å². The van der Waals surface area contributed by atoms with Gasteiger partial charge in [-0.1, -0.05) is 36.4 Å². The van der Waals surface area contributed by atoms with Crippen molar-refractivity contribution in [1.82, 2.24) is 4.98 Å². The first kappa shape index (κ1) is 13.5. The third-order valence-electron chi connectivity index (χ3n) is 3.76. The van der Waals surface area contributed by atoms with Gasteiger partial charge in [0.25, 0.3) is 0 Å². The molecule has 0 bridgehead atoms. The summed E-state index contributed by atoms with van der Waals surface area (Å²) in [4.78, 5) is 4.69. The predicted molar refractivity (Wildman–Crippen MR) is 92.9 cm³/mol. The van der Waals surface area contributed by atoms with Crippen LogP contribution in [0.4, 0.5) is 15.8 Å². The number of hydrogen-bond acceptors (Lipinski definition) is 3. The average molecular weight is 303 g/mol. The van der Waals surface area contributed by atoms with E-state index in [-0.39, 0.29) is 5.82 Å². The number of fused-ring (bicyclic) bond motifs is 2. The van der Waals surface area contributed by atoms with Crippen LogP contribution in [0.5, 0.6) is 0 Å². The number of benzene rings is 3. The van der Waals surface area contributed by atoms with E-state index < -0.39 is 0 Å². The molecule has 0 aliphatic carbocycles. The van der Waals surface area contributed by atoms with Gasteiger partial charge in [-0.05, 0) is 36.4 Å². The Morgan fingerprint density at radius 1 is 0.652 bits per heavy atom. The molecule has 4 rings (SSSR count). The molecule has 4 heteroatoms. The molecular formula is C19H14FN3. The lowest BCUT2D eigenvalue weighted by Crippen LogP contribution is -2.09. The van der Waals surface area contributed by atoms with Gasteiger partial charge in [0.15, 0.2) is 0 Å². The van der Waals surface area contributed by atoms with E-state index in [9.17, 15) is 4.39 Å². The topological polar surface area (TPSA) is 37.0 Å². The standard InChI is InChI=1S/C19H14FN3/c20-13-9-11-14(12-10-13)22-23-19-15-5-1-3-7-17(15)21-18-8-4-2-6-16(18)19/h1-12,22H,(H,21,23). The maximum absolute atomic E-state index is 13.0. The molecule has 1 aromatic heterocycles. The number of aromatic nitrogens is 1. The molecular weight excluding hydrogens is 289 g/mol. The van der Waals surface area contributed by atoms with Gasteiger partial charge in [-0.25, -0.2) is 9.37 Å². The summed E-state index contributed by atoms with van der Waals surface area (Å²) in [5.41, 5.74) is 9.98. The number of para-hydroxylation sites is 2. The molecule has 0 radical (unpaired) electrons. The number of pyridine rings is 1. The Morgan fingerprint density at radius 2 is 1.22 bits per heavy atom. The maximum atomic E-state index is 13.0. The monoisotopic (exact) mass is 303 g/mol. The normalized spacial score (nSPS) is 10.8. The van der Waals surface area contributed by atoms with E-state index in [1.54, 1.807) is 12.1 Å². The highest BCUT2D eigenvalue weighted by Gasteiger charge is 2.08. The van der Waals surface area contributed by atoms with Crippen molar-refractivity contribution in [2.24, 2.45) is 0 Å². The van der Waals surface area contributed by atoms with Crippen molar-refractivity contribution in [2.45, 2.75) is 0 Å². The molecule has 0 atom stereocenters. The zero-order valence-electron chi connectivity index (χ0n) is 12.3. The van der Waals surface area contributed by atoms with E-state index in [1.807, 2.05) is 48.5 Å². The van der Waals surface area contributed by atoms with Gasteiger partial charge in [-0.2, -0.15) is 0 Å². The number of rotatable bonds is 3. The van der Waals surface area contributed by atoms with Gasteiger partial charge in [0.05, 0.1) is 22.4 Å². The van der Waals surface area contributed by atoms with Crippen LogP contribution in [0.25, 0.3) is 21.8 Å². The highest BCUT2D eigenvalue weighted by molar-refractivity contribution is 6.07. The molecule has 1 heterocycles. The fourth-order valence-corrected chi connectivity index (χ4v) is 2.64. The molecule has 112 valence electrons. The molecule has 3 nitrogen and oxygen atoms in total. The van der Waals surface area contributed by atoms with Crippen molar-refractivity contribution in [1.29, 1.82) is 0 Å². The summed E-state index contributed by atoms with van der Waals surface area (Å²) in [6, 6.07) is 22.2. The number of anilines is 2. The predicted octanol–water partition coefficient (Wildman–Crippen LogP) is 4.97. The van der Waals surface area contributed by atoms with Crippen molar-refractivity contribution < 1.29 is 4.39 Å². The lowest BCUT2D eigenvalue weighted by molar-refractivity contribution is 0.628. The molecule has 23 heavy (non-hydrogen) atoms. The van der Waals surface area contributed by atoms with Crippen LogP contribution < -0.4 is 10.9 Å². The van der Waals surface area contributed by atoms with Gasteiger partial charge < -0.3 is 5.43 Å². The molecule has 0 aliphatic heterocycles. The Balaban J connectivity index is 1.81. The van der Waals surface area contributed by atoms with Crippen molar-refractivity contribution in [2.75, 3.05) is 10.9 Å². The maximum Gasteiger partial charge on any atom is 0.123 e. The zero-order valence-corrected chi connectivity index (χ0v) is 12.3. The van der Waals surface area contributed by atoms with Crippen molar-refractivity contribution in [3.05, 3.63) is 78.6 Å². The van der Waals surface area contributed by atoms with Crippen LogP contribution in [-0.4, -0.2) is 4.98 Å². The first-order valence-electron chi connectivity index (χ1n) is 7.36. The third-order valence-corrected chi connectivity index (χ3v) is 3.76. The van der Waals surface area contributed by atoms with Crippen LogP contribution in [0, 0.1) is 5.82 Å². The summed E-state index contributed by atoms with van der Waals surface area (Å²) in [5, 5.41) is 2.06. The first-order valence-corrected chi connectivity index (χ1v) is 7.36. The van der Waals surface area contributed by atoms with Crippen molar-refractivity contribution in [3.8, 4) is 0 Å². The highest BCUT2D eigenvalue weighted by atomic mass is 19.1. The molecule has 4 aromatic rings. The van der Waals surface area contributed by atoms with E-state index in [0.29, 0.717) is 0 Å². The average Bonchev–Trinajstić information content (AvgIpc) is 2.60. The Kier molecular flexibility index (Phi) is 3.27. The molecule has 0 fully saturated rings. The molecule has 0 saturated heterocycles. The second kappa shape index (κ2) is 5.57. The quantitative estimate of drug-likeness (QED) is 0.414. The number of hydrazine groups is 1. The molecule has 3 aromatic carbocycles. The number of nitrogens with one attached hydrogen (secondary N) is 2. The van der Waals surface area contributed by atoms with Gasteiger partial charge in [-0.3, -0.25) is 5.43 Å². The Labute approximate surface area is 132 Å². The van der Waals surface area contributed by atoms with E-state index >= 15 is 0 Å². The second-order valence-corrected chi connectivity index (χ2v) is 5.28. The number of halogens is 1. The number of nitrogens with zero attached hydrogens (tertiary/aromatic N) is 1. The van der Waals surface area contributed by atoms with Crippen LogP contribution in [-0.2, 0) is 0 Å². The largest absolute Gasteiger partial charge is 0.301 e. The van der Waals surface area contributed by atoms with Crippen LogP contribution >= 0.6 is 0 Å². The third kappa shape index (κ3) is 2.55. The molecule has 0 amide bonds.